The molecule has 6 nitrogen and oxygen atoms in total. The van der Waals surface area contributed by atoms with E-state index < -0.39 is 5.43 Å². The number of piperazine rings is 1. The molecule has 0 aliphatic carbocycles. The minimum absolute atomic E-state index is 0.0737. The first-order valence-corrected chi connectivity index (χ1v) is 6.28. The molecule has 1 amide bonds. The Balaban J connectivity index is 2.04. The van der Waals surface area contributed by atoms with Crippen LogP contribution in [0.2, 0.25) is 0 Å². The Bertz CT molecular complexity index is 530. The molecule has 0 aromatic carbocycles. The maximum absolute atomic E-state index is 11.5. The van der Waals surface area contributed by atoms with Crippen molar-refractivity contribution in [2.24, 2.45) is 0 Å². The number of aryl methyl sites for hydroxylation is 1. The third kappa shape index (κ3) is 3.14. The van der Waals surface area contributed by atoms with Gasteiger partial charge in [-0.15, -0.1) is 0 Å². The first kappa shape index (κ1) is 13.6. The molecule has 1 aromatic heterocycles. The Kier molecular flexibility index (Phi) is 3.90. The zero-order valence-electron chi connectivity index (χ0n) is 11.2. The van der Waals surface area contributed by atoms with Crippen LogP contribution in [-0.4, -0.2) is 47.0 Å². The monoisotopic (exact) mass is 266 g/mol. The summed E-state index contributed by atoms with van der Waals surface area (Å²) in [4.78, 5) is 26.5. The van der Waals surface area contributed by atoms with Crippen molar-refractivity contribution < 1.29 is 14.3 Å². The van der Waals surface area contributed by atoms with Crippen LogP contribution in [0.3, 0.4) is 0 Å². The lowest BCUT2D eigenvalue weighted by atomic mass is 10.2. The van der Waals surface area contributed by atoms with Gasteiger partial charge < -0.3 is 14.4 Å². The summed E-state index contributed by atoms with van der Waals surface area (Å²) >= 11 is 0. The number of carbonyl (C=O) groups excluding carboxylic acids is 1. The van der Waals surface area contributed by atoms with E-state index >= 15 is 0 Å². The molecule has 0 saturated carbocycles. The molecular weight excluding hydrogens is 248 g/mol. The highest BCUT2D eigenvalue weighted by Crippen LogP contribution is 2.16. The fourth-order valence-corrected chi connectivity index (χ4v) is 2.19. The average Bonchev–Trinajstić information content (AvgIpc) is 2.36. The molecule has 1 aliphatic rings. The molecule has 0 unspecified atom stereocenters. The third-order valence-electron chi connectivity index (χ3n) is 3.30. The fourth-order valence-electron chi connectivity index (χ4n) is 2.19. The first-order valence-electron chi connectivity index (χ1n) is 6.28. The van der Waals surface area contributed by atoms with Gasteiger partial charge in [0.2, 0.25) is 17.1 Å². The number of nitrogens with zero attached hydrogens (tertiary/aromatic N) is 2. The Morgan fingerprint density at radius 1 is 1.37 bits per heavy atom. The predicted octanol–water partition coefficient (Wildman–Crippen LogP) is 0.318. The molecule has 1 saturated heterocycles. The van der Waals surface area contributed by atoms with E-state index in [0.29, 0.717) is 44.2 Å². The van der Waals surface area contributed by atoms with E-state index in [1.54, 1.807) is 18.7 Å². The van der Waals surface area contributed by atoms with Gasteiger partial charge in [-0.3, -0.25) is 14.5 Å². The Labute approximate surface area is 111 Å². The van der Waals surface area contributed by atoms with Gasteiger partial charge in [-0.25, -0.2) is 0 Å². The summed E-state index contributed by atoms with van der Waals surface area (Å²) in [5.74, 6) is 0.533. The molecule has 0 radical (unpaired) electrons. The quantitative estimate of drug-likeness (QED) is 0.834. The van der Waals surface area contributed by atoms with Crippen molar-refractivity contribution in [3.05, 3.63) is 27.8 Å². The standard InChI is InChI=1S/C13H18N2O4/c1-9-7-11(17)13(18)12(19-9)8-14-3-5-15(6-4-14)10(2)16/h7,18H,3-6,8H2,1-2H3. The van der Waals surface area contributed by atoms with Gasteiger partial charge in [0.15, 0.2) is 5.76 Å². The molecule has 2 heterocycles. The van der Waals surface area contributed by atoms with Crippen molar-refractivity contribution in [2.75, 3.05) is 26.2 Å². The maximum atomic E-state index is 11.5. The highest BCUT2D eigenvalue weighted by molar-refractivity contribution is 5.73. The topological polar surface area (TPSA) is 74.0 Å². The van der Waals surface area contributed by atoms with E-state index in [1.165, 1.54) is 6.07 Å². The lowest BCUT2D eigenvalue weighted by molar-refractivity contribution is -0.130. The number of hydrogen-bond acceptors (Lipinski definition) is 5. The van der Waals surface area contributed by atoms with Crippen molar-refractivity contribution in [3.63, 3.8) is 0 Å². The molecule has 1 fully saturated rings. The molecule has 0 bridgehead atoms. The van der Waals surface area contributed by atoms with E-state index in [0.717, 1.165) is 0 Å². The summed E-state index contributed by atoms with van der Waals surface area (Å²) in [6.45, 7) is 6.35. The van der Waals surface area contributed by atoms with Crippen molar-refractivity contribution in [1.82, 2.24) is 9.80 Å². The summed E-state index contributed by atoms with van der Waals surface area (Å²) in [6.07, 6.45) is 0. The zero-order valence-corrected chi connectivity index (χ0v) is 11.2. The van der Waals surface area contributed by atoms with E-state index in [2.05, 4.69) is 4.90 Å². The Hall–Kier alpha value is -1.82. The van der Waals surface area contributed by atoms with Gasteiger partial charge in [-0.05, 0) is 6.92 Å². The maximum Gasteiger partial charge on any atom is 0.227 e. The molecule has 6 heteroatoms. The van der Waals surface area contributed by atoms with Crippen molar-refractivity contribution in [1.29, 1.82) is 0 Å². The van der Waals surface area contributed by atoms with Crippen LogP contribution in [0.4, 0.5) is 0 Å². The Morgan fingerprint density at radius 2 is 2.00 bits per heavy atom. The second kappa shape index (κ2) is 5.44. The zero-order chi connectivity index (χ0) is 14.0. The van der Waals surface area contributed by atoms with Crippen LogP contribution in [0.15, 0.2) is 15.3 Å². The Morgan fingerprint density at radius 3 is 2.58 bits per heavy atom. The van der Waals surface area contributed by atoms with Gasteiger partial charge in [0.25, 0.3) is 0 Å². The summed E-state index contributed by atoms with van der Waals surface area (Å²) in [6, 6.07) is 1.27. The highest BCUT2D eigenvalue weighted by Gasteiger charge is 2.21. The van der Waals surface area contributed by atoms with E-state index in [4.69, 9.17) is 4.42 Å². The van der Waals surface area contributed by atoms with Crippen molar-refractivity contribution in [2.45, 2.75) is 20.4 Å². The number of aromatic hydroxyl groups is 1. The molecule has 1 aliphatic heterocycles. The smallest absolute Gasteiger partial charge is 0.227 e. The van der Waals surface area contributed by atoms with Crippen LogP contribution in [-0.2, 0) is 11.3 Å². The molecule has 19 heavy (non-hydrogen) atoms. The lowest BCUT2D eigenvalue weighted by Gasteiger charge is -2.33. The van der Waals surface area contributed by atoms with Crippen LogP contribution in [0, 0.1) is 6.92 Å². The van der Waals surface area contributed by atoms with Crippen LogP contribution in [0.25, 0.3) is 0 Å². The minimum Gasteiger partial charge on any atom is -0.502 e. The van der Waals surface area contributed by atoms with E-state index in [1.807, 2.05) is 0 Å². The molecule has 1 N–H and O–H groups in total. The van der Waals surface area contributed by atoms with Crippen LogP contribution in [0.5, 0.6) is 5.75 Å². The predicted molar refractivity (Wildman–Crippen MR) is 68.9 cm³/mol. The first-order chi connectivity index (χ1) is 8.97. The van der Waals surface area contributed by atoms with Gasteiger partial charge in [-0.2, -0.15) is 0 Å². The summed E-state index contributed by atoms with van der Waals surface area (Å²) in [5.41, 5.74) is -0.416. The van der Waals surface area contributed by atoms with Crippen LogP contribution in [0.1, 0.15) is 18.4 Å². The second-order valence-electron chi connectivity index (χ2n) is 4.78. The lowest BCUT2D eigenvalue weighted by Crippen LogP contribution is -2.47. The van der Waals surface area contributed by atoms with E-state index in [-0.39, 0.29) is 11.7 Å². The fraction of sp³-hybridized carbons (Fsp3) is 0.538. The summed E-state index contributed by atoms with van der Waals surface area (Å²) in [7, 11) is 0. The second-order valence-corrected chi connectivity index (χ2v) is 4.78. The van der Waals surface area contributed by atoms with Gasteiger partial charge in [0, 0.05) is 39.2 Å². The van der Waals surface area contributed by atoms with Gasteiger partial charge in [0.1, 0.15) is 5.76 Å². The minimum atomic E-state index is -0.416. The summed E-state index contributed by atoms with van der Waals surface area (Å²) in [5, 5.41) is 9.70. The van der Waals surface area contributed by atoms with Gasteiger partial charge in [0.05, 0.1) is 6.54 Å². The van der Waals surface area contributed by atoms with Gasteiger partial charge >= 0.3 is 0 Å². The summed E-state index contributed by atoms with van der Waals surface area (Å²) < 4.78 is 5.39. The highest BCUT2D eigenvalue weighted by atomic mass is 16.4. The van der Waals surface area contributed by atoms with Crippen LogP contribution >= 0.6 is 0 Å². The number of rotatable bonds is 2. The number of amides is 1. The molecular formula is C13H18N2O4. The molecule has 104 valence electrons. The molecule has 0 spiro atoms. The number of carbonyl (C=O) groups is 1. The molecule has 0 atom stereocenters. The van der Waals surface area contributed by atoms with Crippen molar-refractivity contribution >= 4 is 5.91 Å². The van der Waals surface area contributed by atoms with Crippen LogP contribution < -0.4 is 5.43 Å². The number of hydrogen-bond donors (Lipinski definition) is 1. The normalized spacial score (nSPS) is 16.6. The molecule has 1 aromatic rings. The third-order valence-corrected chi connectivity index (χ3v) is 3.30. The van der Waals surface area contributed by atoms with E-state index in [9.17, 15) is 14.7 Å². The average molecular weight is 266 g/mol. The van der Waals surface area contributed by atoms with Gasteiger partial charge in [-0.1, -0.05) is 0 Å². The molecule has 2 rings (SSSR count). The SMILES string of the molecule is CC(=O)N1CCN(Cc2oc(C)cc(=O)c2O)CC1. The van der Waals surface area contributed by atoms with Crippen molar-refractivity contribution in [3.8, 4) is 5.75 Å². The largest absolute Gasteiger partial charge is 0.502 e.